The topological polar surface area (TPSA) is 48.9 Å². The van der Waals surface area contributed by atoms with Gasteiger partial charge in [-0.15, -0.1) is 11.3 Å². The van der Waals surface area contributed by atoms with Gasteiger partial charge in [0.25, 0.3) is 0 Å². The molecule has 0 radical (unpaired) electrons. The zero-order chi connectivity index (χ0) is 18.9. The van der Waals surface area contributed by atoms with Crippen molar-refractivity contribution in [3.05, 3.63) is 54.1 Å². The summed E-state index contributed by atoms with van der Waals surface area (Å²) in [5, 5.41) is 9.72. The Hall–Kier alpha value is -2.41. The number of hydrogen-bond acceptors (Lipinski definition) is 6. The van der Waals surface area contributed by atoms with Crippen molar-refractivity contribution in [2.45, 2.75) is 12.5 Å². The number of piperazine rings is 1. The minimum Gasteiger partial charge on any atom is -0.385 e. The van der Waals surface area contributed by atoms with Gasteiger partial charge in [0, 0.05) is 49.5 Å². The summed E-state index contributed by atoms with van der Waals surface area (Å²) < 4.78 is 6.59. The molecule has 0 saturated carbocycles. The molecule has 1 saturated heterocycles. The third-order valence-corrected chi connectivity index (χ3v) is 6.51. The first-order valence-corrected chi connectivity index (χ1v) is 10.6. The summed E-state index contributed by atoms with van der Waals surface area (Å²) in [4.78, 5) is 7.61. The van der Waals surface area contributed by atoms with Gasteiger partial charge in [-0.25, -0.2) is 4.99 Å². The van der Waals surface area contributed by atoms with Crippen LogP contribution in [0.1, 0.15) is 12.0 Å². The Morgan fingerprint density at radius 1 is 1.18 bits per heavy atom. The molecule has 0 bridgehead atoms. The van der Waals surface area contributed by atoms with Crippen LogP contribution in [0.2, 0.25) is 0 Å². The molecule has 3 aromatic rings. The van der Waals surface area contributed by atoms with Gasteiger partial charge in [-0.3, -0.25) is 0 Å². The third-order valence-electron chi connectivity index (χ3n) is 5.42. The molecule has 5 rings (SSSR count). The predicted molar refractivity (Wildman–Crippen MR) is 118 cm³/mol. The van der Waals surface area contributed by atoms with Crippen LogP contribution in [-0.2, 0) is 4.74 Å². The fourth-order valence-electron chi connectivity index (χ4n) is 4.02. The number of nitrogens with one attached hydrogen (secondary N) is 2. The molecule has 0 unspecified atom stereocenters. The zero-order valence-electron chi connectivity index (χ0n) is 15.9. The van der Waals surface area contributed by atoms with E-state index in [0.29, 0.717) is 6.04 Å². The Morgan fingerprint density at radius 2 is 2.04 bits per heavy atom. The molecular weight excluding hydrogens is 368 g/mol. The van der Waals surface area contributed by atoms with E-state index in [1.165, 1.54) is 20.7 Å². The molecule has 2 aliphatic rings. The number of ether oxygens (including phenoxy) is 1. The van der Waals surface area contributed by atoms with E-state index in [0.717, 1.165) is 49.9 Å². The van der Waals surface area contributed by atoms with E-state index in [4.69, 9.17) is 9.73 Å². The molecule has 2 aliphatic heterocycles. The van der Waals surface area contributed by atoms with E-state index in [1.54, 1.807) is 18.4 Å². The van der Waals surface area contributed by atoms with Crippen LogP contribution in [0.5, 0.6) is 0 Å². The van der Waals surface area contributed by atoms with Crippen LogP contribution in [-0.4, -0.2) is 50.1 Å². The number of rotatable bonds is 3. The summed E-state index contributed by atoms with van der Waals surface area (Å²) in [5.41, 5.74) is 3.29. The van der Waals surface area contributed by atoms with E-state index in [1.807, 2.05) is 0 Å². The van der Waals surface area contributed by atoms with Crippen molar-refractivity contribution in [3.63, 3.8) is 0 Å². The molecule has 1 atom stereocenters. The predicted octanol–water partition coefficient (Wildman–Crippen LogP) is 4.35. The molecule has 2 N–H and O–H groups in total. The zero-order valence-corrected chi connectivity index (χ0v) is 16.8. The molecule has 28 heavy (non-hydrogen) atoms. The number of fused-ring (bicyclic) bond motifs is 4. The van der Waals surface area contributed by atoms with Crippen molar-refractivity contribution in [2.24, 2.45) is 4.99 Å². The van der Waals surface area contributed by atoms with E-state index >= 15 is 0 Å². The normalized spacial score (nSPS) is 18.8. The standard InChI is InChI=1S/C22H24N4OS/c1-27-13-10-15-14-26(12-11-23-15)21-20-16-6-2-5-9-19(16)28-22(20)25-18-8-4-3-7-17(18)24-21/h2-9,15,23,25H,10-14H2,1H3/t15-/m0/s1. The molecule has 0 aliphatic carbocycles. The highest BCUT2D eigenvalue weighted by Crippen LogP contribution is 2.43. The minimum absolute atomic E-state index is 0.413. The number of aliphatic imine (C=N–C) groups is 1. The lowest BCUT2D eigenvalue weighted by Crippen LogP contribution is -2.53. The monoisotopic (exact) mass is 392 g/mol. The molecule has 0 spiro atoms. The second-order valence-corrected chi connectivity index (χ2v) is 8.31. The third kappa shape index (κ3) is 3.17. The van der Waals surface area contributed by atoms with Crippen molar-refractivity contribution < 1.29 is 4.74 Å². The number of hydrogen-bond donors (Lipinski definition) is 2. The van der Waals surface area contributed by atoms with E-state index in [-0.39, 0.29) is 0 Å². The molecule has 0 amide bonds. The first-order valence-electron chi connectivity index (χ1n) is 9.77. The van der Waals surface area contributed by atoms with Crippen molar-refractivity contribution in [1.82, 2.24) is 10.2 Å². The minimum atomic E-state index is 0.413. The summed E-state index contributed by atoms with van der Waals surface area (Å²) in [6.45, 7) is 3.62. The highest BCUT2D eigenvalue weighted by molar-refractivity contribution is 7.23. The SMILES string of the molecule is COCC[C@H]1CN(C2=Nc3ccccc3Nc3sc4ccccc4c32)CCN1. The number of nitrogens with zero attached hydrogens (tertiary/aromatic N) is 2. The lowest BCUT2D eigenvalue weighted by molar-refractivity contribution is 0.168. The highest BCUT2D eigenvalue weighted by atomic mass is 32.1. The van der Waals surface area contributed by atoms with E-state index in [2.05, 4.69) is 64.1 Å². The van der Waals surface area contributed by atoms with Crippen molar-refractivity contribution >= 4 is 43.6 Å². The smallest absolute Gasteiger partial charge is 0.140 e. The van der Waals surface area contributed by atoms with Gasteiger partial charge in [0.05, 0.1) is 16.9 Å². The average Bonchev–Trinajstić information content (AvgIpc) is 3.00. The number of para-hydroxylation sites is 2. The molecular formula is C22H24N4OS. The van der Waals surface area contributed by atoms with Crippen LogP contribution in [0.4, 0.5) is 16.4 Å². The summed E-state index contributed by atoms with van der Waals surface area (Å²) in [6.07, 6.45) is 1.01. The second kappa shape index (κ2) is 7.54. The largest absolute Gasteiger partial charge is 0.385 e. The van der Waals surface area contributed by atoms with Crippen LogP contribution in [0, 0.1) is 0 Å². The molecule has 1 fully saturated rings. The van der Waals surface area contributed by atoms with Crippen LogP contribution in [0.3, 0.4) is 0 Å². The van der Waals surface area contributed by atoms with E-state index in [9.17, 15) is 0 Å². The molecule has 5 nitrogen and oxygen atoms in total. The van der Waals surface area contributed by atoms with Gasteiger partial charge in [-0.2, -0.15) is 0 Å². The molecule has 6 heteroatoms. The summed E-state index contributed by atoms with van der Waals surface area (Å²) in [5.74, 6) is 1.08. The van der Waals surface area contributed by atoms with E-state index < -0.39 is 0 Å². The molecule has 144 valence electrons. The first-order chi connectivity index (χ1) is 13.8. The van der Waals surface area contributed by atoms with Crippen molar-refractivity contribution in [2.75, 3.05) is 38.7 Å². The van der Waals surface area contributed by atoms with Gasteiger partial charge in [0.1, 0.15) is 10.8 Å². The van der Waals surface area contributed by atoms with Crippen LogP contribution >= 0.6 is 11.3 Å². The maximum Gasteiger partial charge on any atom is 0.140 e. The Morgan fingerprint density at radius 3 is 2.96 bits per heavy atom. The van der Waals surface area contributed by atoms with Gasteiger partial charge >= 0.3 is 0 Å². The maximum absolute atomic E-state index is 5.30. The number of benzene rings is 2. The fraction of sp³-hybridized carbons (Fsp3) is 0.318. The molecule has 3 heterocycles. The lowest BCUT2D eigenvalue weighted by Gasteiger charge is -2.35. The number of amidine groups is 1. The Labute approximate surface area is 169 Å². The van der Waals surface area contributed by atoms with Crippen LogP contribution < -0.4 is 10.6 Å². The number of methoxy groups -OCH3 is 1. The maximum atomic E-state index is 5.30. The van der Waals surface area contributed by atoms with Crippen molar-refractivity contribution in [3.8, 4) is 0 Å². The number of thiophene rings is 1. The second-order valence-electron chi connectivity index (χ2n) is 7.26. The van der Waals surface area contributed by atoms with Gasteiger partial charge in [0.2, 0.25) is 0 Å². The summed E-state index contributed by atoms with van der Waals surface area (Å²) in [7, 11) is 1.77. The number of anilines is 2. The van der Waals surface area contributed by atoms with Crippen molar-refractivity contribution in [1.29, 1.82) is 0 Å². The Bertz CT molecular complexity index is 1030. The van der Waals surface area contributed by atoms with Gasteiger partial charge < -0.3 is 20.3 Å². The quantitative estimate of drug-likeness (QED) is 0.696. The van der Waals surface area contributed by atoms with Gasteiger partial charge in [-0.1, -0.05) is 30.3 Å². The summed E-state index contributed by atoms with van der Waals surface area (Å²) in [6, 6.07) is 17.3. The fourth-order valence-corrected chi connectivity index (χ4v) is 5.14. The molecule has 1 aromatic heterocycles. The van der Waals surface area contributed by atoms with Crippen LogP contribution in [0.15, 0.2) is 53.5 Å². The molecule has 2 aromatic carbocycles. The lowest BCUT2D eigenvalue weighted by atomic mass is 10.1. The average molecular weight is 393 g/mol. The van der Waals surface area contributed by atoms with Gasteiger partial charge in [-0.05, 0) is 24.6 Å². The first kappa shape index (κ1) is 17.7. The van der Waals surface area contributed by atoms with Gasteiger partial charge in [0.15, 0.2) is 0 Å². The van der Waals surface area contributed by atoms with Crippen LogP contribution in [0.25, 0.3) is 10.1 Å². The highest BCUT2D eigenvalue weighted by Gasteiger charge is 2.28. The summed E-state index contributed by atoms with van der Waals surface area (Å²) >= 11 is 1.80. The Balaban J connectivity index is 1.61. The Kier molecular flexibility index (Phi) is 4.76.